The number of carboxylic acid groups (broad SMARTS) is 1. The molecule has 0 spiro atoms. The third-order valence-corrected chi connectivity index (χ3v) is 2.08. The number of alkyl halides is 2. The van der Waals surface area contributed by atoms with Crippen molar-refractivity contribution in [3.05, 3.63) is 39.4 Å². The first-order chi connectivity index (χ1) is 9.36. The molecule has 7 nitrogen and oxygen atoms in total. The largest absolute Gasteiger partial charge is 0.478 e. The summed E-state index contributed by atoms with van der Waals surface area (Å²) in [6.07, 6.45) is 1.44. The molecular weight excluding hydrogens is 278 g/mol. The molecule has 0 unspecified atom stereocenters. The molecule has 0 heterocycles. The van der Waals surface area contributed by atoms with Gasteiger partial charge in [0.1, 0.15) is 11.6 Å². The predicted octanol–water partition coefficient (Wildman–Crippen LogP) is 2.17. The Labute approximate surface area is 110 Å². The molecule has 104 valence electrons. The zero-order valence-corrected chi connectivity index (χ0v) is 9.62. The Bertz CT molecular complexity index is 622. The minimum Gasteiger partial charge on any atom is -0.478 e. The van der Waals surface area contributed by atoms with Crippen LogP contribution < -0.4 is 4.74 Å². The molecule has 0 fully saturated rings. The van der Waals surface area contributed by atoms with Crippen LogP contribution in [0.25, 0.3) is 6.08 Å². The molecule has 1 aromatic carbocycles. The number of nitriles is 1. The molecule has 0 radical (unpaired) electrons. The van der Waals surface area contributed by atoms with Gasteiger partial charge in [-0.05, 0) is 18.2 Å². The average molecular weight is 284 g/mol. The molecule has 1 rings (SSSR count). The number of aliphatic carboxylic acids is 1. The Hall–Kier alpha value is -3.02. The summed E-state index contributed by atoms with van der Waals surface area (Å²) in [5, 5.41) is 28.1. The number of carbonyl (C=O) groups is 1. The zero-order valence-electron chi connectivity index (χ0n) is 9.62. The molecule has 1 N–H and O–H groups in total. The normalized spacial score (nSPS) is 10.5. The fourth-order valence-electron chi connectivity index (χ4n) is 1.37. The maximum Gasteiger partial charge on any atom is 0.387 e. The van der Waals surface area contributed by atoms with Gasteiger partial charge >= 0.3 is 18.3 Å². The molecule has 9 heteroatoms. The van der Waals surface area contributed by atoms with Crippen LogP contribution in [0.15, 0.2) is 18.2 Å². The smallest absolute Gasteiger partial charge is 0.387 e. The monoisotopic (exact) mass is 284 g/mol. The maximum absolute atomic E-state index is 12.3. The molecule has 0 atom stereocenters. The highest BCUT2D eigenvalue weighted by molar-refractivity contribution is 5.87. The number of rotatable bonds is 5. The lowest BCUT2D eigenvalue weighted by Crippen LogP contribution is -2.07. The number of halogens is 2. The van der Waals surface area contributed by atoms with Crippen LogP contribution in [-0.4, -0.2) is 22.6 Å². The summed E-state index contributed by atoms with van der Waals surface area (Å²) < 4.78 is 28.5. The van der Waals surface area contributed by atoms with E-state index in [0.717, 1.165) is 18.2 Å². The number of benzene rings is 1. The molecule has 0 amide bonds. The molecule has 0 aliphatic heterocycles. The van der Waals surface area contributed by atoms with Crippen molar-refractivity contribution < 1.29 is 28.3 Å². The Morgan fingerprint density at radius 2 is 2.20 bits per heavy atom. The Kier molecular flexibility index (Phi) is 4.69. The fraction of sp³-hybridized carbons (Fsp3) is 0.0909. The van der Waals surface area contributed by atoms with E-state index in [-0.39, 0.29) is 5.56 Å². The van der Waals surface area contributed by atoms with Crippen molar-refractivity contribution in [2.24, 2.45) is 0 Å². The third-order valence-electron chi connectivity index (χ3n) is 2.08. The van der Waals surface area contributed by atoms with Crippen LogP contribution in [0, 0.1) is 21.4 Å². The van der Waals surface area contributed by atoms with E-state index >= 15 is 0 Å². The van der Waals surface area contributed by atoms with Crippen molar-refractivity contribution in [2.45, 2.75) is 6.61 Å². The predicted molar refractivity (Wildman–Crippen MR) is 61.1 cm³/mol. The van der Waals surface area contributed by atoms with E-state index in [0.29, 0.717) is 6.08 Å². The Balaban J connectivity index is 3.52. The summed E-state index contributed by atoms with van der Waals surface area (Å²) in [6.45, 7) is -3.36. The van der Waals surface area contributed by atoms with Gasteiger partial charge in [0.2, 0.25) is 5.75 Å². The van der Waals surface area contributed by atoms with Crippen molar-refractivity contribution in [2.75, 3.05) is 0 Å². The van der Waals surface area contributed by atoms with Crippen LogP contribution in [0.1, 0.15) is 11.1 Å². The first kappa shape index (κ1) is 15.0. The third kappa shape index (κ3) is 3.49. The van der Waals surface area contributed by atoms with Gasteiger partial charge in [0.05, 0.1) is 10.5 Å². The number of carboxylic acids is 1. The minimum atomic E-state index is -3.36. The summed E-state index contributed by atoms with van der Waals surface area (Å²) in [5.74, 6) is -2.28. The summed E-state index contributed by atoms with van der Waals surface area (Å²) in [6, 6.07) is 3.57. The number of hydrogen-bond donors (Lipinski definition) is 1. The van der Waals surface area contributed by atoms with Gasteiger partial charge in [0, 0.05) is 6.08 Å². The lowest BCUT2D eigenvalue weighted by Gasteiger charge is -2.08. The molecule has 20 heavy (non-hydrogen) atoms. The van der Waals surface area contributed by atoms with E-state index in [1.807, 2.05) is 0 Å². The number of ether oxygens (including phenoxy) is 1. The molecule has 0 aliphatic carbocycles. The molecular formula is C11H6F2N2O5. The van der Waals surface area contributed by atoms with Crippen LogP contribution >= 0.6 is 0 Å². The van der Waals surface area contributed by atoms with Gasteiger partial charge in [-0.25, -0.2) is 4.79 Å². The number of nitro groups is 1. The first-order valence-corrected chi connectivity index (χ1v) is 4.94. The van der Waals surface area contributed by atoms with E-state index in [4.69, 9.17) is 10.4 Å². The molecule has 0 bridgehead atoms. The van der Waals surface area contributed by atoms with Crippen molar-refractivity contribution in [1.82, 2.24) is 0 Å². The van der Waals surface area contributed by atoms with Crippen molar-refractivity contribution >= 4 is 17.7 Å². The quantitative estimate of drug-likeness (QED) is 0.503. The van der Waals surface area contributed by atoms with E-state index in [2.05, 4.69) is 4.74 Å². The van der Waals surface area contributed by atoms with Gasteiger partial charge in [-0.3, -0.25) is 10.1 Å². The topological polar surface area (TPSA) is 113 Å². The van der Waals surface area contributed by atoms with Gasteiger partial charge in [-0.15, -0.1) is 0 Å². The lowest BCUT2D eigenvalue weighted by molar-refractivity contribution is -0.386. The van der Waals surface area contributed by atoms with Crippen molar-refractivity contribution in [3.8, 4) is 11.8 Å². The molecule has 0 saturated heterocycles. The number of nitrogens with zero attached hydrogens (tertiary/aromatic N) is 2. The first-order valence-electron chi connectivity index (χ1n) is 4.94. The van der Waals surface area contributed by atoms with E-state index in [1.54, 1.807) is 0 Å². The standard InChI is InChI=1S/C11H6F2N2O5/c12-11(13)20-10-7(5-14)2-1-6(3-4-8(16)17)9(10)15(18)19/h1-4,11H,(H,16,17)/b4-3+. The summed E-state index contributed by atoms with van der Waals surface area (Å²) in [5.41, 5.74) is -1.63. The second-order valence-electron chi connectivity index (χ2n) is 3.30. The van der Waals surface area contributed by atoms with Crippen molar-refractivity contribution in [3.63, 3.8) is 0 Å². The Morgan fingerprint density at radius 1 is 1.55 bits per heavy atom. The van der Waals surface area contributed by atoms with E-state index in [1.165, 1.54) is 6.07 Å². The molecule has 0 aromatic heterocycles. The lowest BCUT2D eigenvalue weighted by atomic mass is 10.1. The van der Waals surface area contributed by atoms with Crippen LogP contribution in [0.2, 0.25) is 0 Å². The average Bonchev–Trinajstić information content (AvgIpc) is 2.35. The second kappa shape index (κ2) is 6.24. The molecule has 0 saturated carbocycles. The van der Waals surface area contributed by atoms with Crippen LogP contribution in [0.4, 0.5) is 14.5 Å². The van der Waals surface area contributed by atoms with Gasteiger partial charge in [0.15, 0.2) is 0 Å². The number of hydrogen-bond acceptors (Lipinski definition) is 5. The fourth-order valence-corrected chi connectivity index (χ4v) is 1.37. The highest BCUT2D eigenvalue weighted by atomic mass is 19.3. The highest BCUT2D eigenvalue weighted by Gasteiger charge is 2.26. The summed E-state index contributed by atoms with van der Waals surface area (Å²) in [4.78, 5) is 20.3. The number of nitro benzene ring substituents is 1. The zero-order chi connectivity index (χ0) is 15.3. The highest BCUT2D eigenvalue weighted by Crippen LogP contribution is 2.36. The molecule has 0 aliphatic rings. The SMILES string of the molecule is N#Cc1ccc(/C=C/C(=O)O)c([N+](=O)[O-])c1OC(F)F. The maximum atomic E-state index is 12.3. The van der Waals surface area contributed by atoms with Crippen LogP contribution in [0.5, 0.6) is 5.75 Å². The minimum absolute atomic E-state index is 0.271. The van der Waals surface area contributed by atoms with E-state index in [9.17, 15) is 23.7 Å². The summed E-state index contributed by atoms with van der Waals surface area (Å²) >= 11 is 0. The van der Waals surface area contributed by atoms with Gasteiger partial charge < -0.3 is 9.84 Å². The van der Waals surface area contributed by atoms with Gasteiger partial charge in [-0.2, -0.15) is 14.0 Å². The van der Waals surface area contributed by atoms with Gasteiger partial charge in [0.25, 0.3) is 0 Å². The molecule has 1 aromatic rings. The van der Waals surface area contributed by atoms with Crippen LogP contribution in [-0.2, 0) is 4.79 Å². The summed E-state index contributed by atoms with van der Waals surface area (Å²) in [7, 11) is 0. The second-order valence-corrected chi connectivity index (χ2v) is 3.30. The van der Waals surface area contributed by atoms with Crippen LogP contribution in [0.3, 0.4) is 0 Å². The Morgan fingerprint density at radius 3 is 2.65 bits per heavy atom. The van der Waals surface area contributed by atoms with E-state index < -0.39 is 34.5 Å². The van der Waals surface area contributed by atoms with Gasteiger partial charge in [-0.1, -0.05) is 0 Å². The van der Waals surface area contributed by atoms with Crippen molar-refractivity contribution in [1.29, 1.82) is 5.26 Å².